The van der Waals surface area contributed by atoms with Crippen LogP contribution >= 0.6 is 0 Å². The second kappa shape index (κ2) is 5.03. The number of aryl methyl sites for hydroxylation is 1. The lowest BCUT2D eigenvalue weighted by atomic mass is 9.96. The fraction of sp³-hybridized carbons (Fsp3) is 0.357. The fourth-order valence-corrected chi connectivity index (χ4v) is 1.69. The summed E-state index contributed by atoms with van der Waals surface area (Å²) in [5.41, 5.74) is 0.890. The molecule has 0 unspecified atom stereocenters. The molecule has 2 N–H and O–H groups in total. The Morgan fingerprint density at radius 3 is 2.55 bits per heavy atom. The van der Waals surface area contributed by atoms with Crippen LogP contribution in [-0.2, 0) is 5.41 Å². The molecule has 0 spiro atoms. The molecule has 20 heavy (non-hydrogen) atoms. The zero-order valence-corrected chi connectivity index (χ0v) is 11.9. The van der Waals surface area contributed by atoms with Crippen molar-refractivity contribution in [2.75, 3.05) is 5.32 Å². The zero-order valence-electron chi connectivity index (χ0n) is 11.9. The van der Waals surface area contributed by atoms with Gasteiger partial charge in [0.05, 0.1) is 0 Å². The Bertz CT molecular complexity index is 623. The van der Waals surface area contributed by atoms with E-state index in [0.717, 1.165) is 5.56 Å². The largest absolute Gasteiger partial charge is 0.319 e. The molecule has 0 radical (unpaired) electrons. The second-order valence-corrected chi connectivity index (χ2v) is 5.73. The summed E-state index contributed by atoms with van der Waals surface area (Å²) in [7, 11) is 0. The third kappa shape index (κ3) is 3.20. The molecule has 6 heteroatoms. The Hall–Kier alpha value is -2.24. The van der Waals surface area contributed by atoms with Gasteiger partial charge >= 0.3 is 0 Å². The third-order valence-electron chi connectivity index (χ3n) is 2.70. The van der Waals surface area contributed by atoms with E-state index in [-0.39, 0.29) is 11.2 Å². The van der Waals surface area contributed by atoms with E-state index in [0.29, 0.717) is 11.5 Å². The number of carbonyl (C=O) groups is 1. The van der Waals surface area contributed by atoms with Gasteiger partial charge < -0.3 is 5.32 Å². The average molecular weight is 276 g/mol. The standard InChI is InChI=1S/C14H17FN4O/c1-8-5-9(15)7-10(6-8)16-12(20)11-17-13(19-18-11)14(2,3)4/h5-7H,1-4H3,(H,16,20)(H,17,18,19). The molecular weight excluding hydrogens is 259 g/mol. The van der Waals surface area contributed by atoms with Gasteiger partial charge in [-0.15, -0.1) is 5.10 Å². The summed E-state index contributed by atoms with van der Waals surface area (Å²) in [4.78, 5) is 16.1. The maximum absolute atomic E-state index is 13.3. The van der Waals surface area contributed by atoms with E-state index in [1.807, 2.05) is 20.8 Å². The molecular formula is C14H17FN4O. The van der Waals surface area contributed by atoms with Gasteiger partial charge in [-0.3, -0.25) is 9.89 Å². The van der Waals surface area contributed by atoms with Crippen molar-refractivity contribution in [3.05, 3.63) is 41.2 Å². The predicted molar refractivity (Wildman–Crippen MR) is 74.2 cm³/mol. The number of halogens is 1. The normalized spacial score (nSPS) is 11.4. The van der Waals surface area contributed by atoms with Gasteiger partial charge in [-0.05, 0) is 30.7 Å². The number of rotatable bonds is 2. The maximum atomic E-state index is 13.3. The van der Waals surface area contributed by atoms with Crippen LogP contribution < -0.4 is 5.32 Å². The molecule has 5 nitrogen and oxygen atoms in total. The van der Waals surface area contributed by atoms with Crippen molar-refractivity contribution in [2.24, 2.45) is 0 Å². The van der Waals surface area contributed by atoms with Crippen LogP contribution in [0.1, 0.15) is 42.8 Å². The van der Waals surface area contributed by atoms with E-state index in [4.69, 9.17) is 0 Å². The van der Waals surface area contributed by atoms with Gasteiger partial charge in [0.25, 0.3) is 5.91 Å². The first-order chi connectivity index (χ1) is 9.25. The molecule has 0 aliphatic carbocycles. The van der Waals surface area contributed by atoms with E-state index in [1.54, 1.807) is 13.0 Å². The Balaban J connectivity index is 2.18. The Morgan fingerprint density at radius 2 is 2.00 bits per heavy atom. The topological polar surface area (TPSA) is 70.7 Å². The summed E-state index contributed by atoms with van der Waals surface area (Å²) in [5.74, 6) is -0.206. The molecule has 0 fully saturated rings. The van der Waals surface area contributed by atoms with E-state index in [1.165, 1.54) is 12.1 Å². The minimum absolute atomic E-state index is 0.0387. The van der Waals surface area contributed by atoms with E-state index in [9.17, 15) is 9.18 Å². The van der Waals surface area contributed by atoms with Gasteiger partial charge in [-0.1, -0.05) is 20.8 Å². The highest BCUT2D eigenvalue weighted by Crippen LogP contribution is 2.18. The van der Waals surface area contributed by atoms with Gasteiger partial charge in [0, 0.05) is 11.1 Å². The molecule has 0 atom stereocenters. The minimum atomic E-state index is -0.471. The lowest BCUT2D eigenvalue weighted by molar-refractivity contribution is 0.101. The first-order valence-corrected chi connectivity index (χ1v) is 6.27. The molecule has 0 saturated heterocycles. The van der Waals surface area contributed by atoms with Gasteiger partial charge in [-0.25, -0.2) is 9.37 Å². The number of carbonyl (C=O) groups excluding carboxylic acids is 1. The van der Waals surface area contributed by atoms with Crippen LogP contribution in [0.4, 0.5) is 10.1 Å². The van der Waals surface area contributed by atoms with Crippen molar-refractivity contribution < 1.29 is 9.18 Å². The number of hydrogen-bond acceptors (Lipinski definition) is 3. The number of hydrogen-bond donors (Lipinski definition) is 2. The molecule has 1 amide bonds. The number of nitrogens with zero attached hydrogens (tertiary/aromatic N) is 2. The molecule has 2 rings (SSSR count). The number of amides is 1. The van der Waals surface area contributed by atoms with E-state index >= 15 is 0 Å². The van der Waals surface area contributed by atoms with Crippen molar-refractivity contribution in [1.29, 1.82) is 0 Å². The van der Waals surface area contributed by atoms with E-state index in [2.05, 4.69) is 20.5 Å². The summed E-state index contributed by atoms with van der Waals surface area (Å²) in [6.45, 7) is 7.64. The number of anilines is 1. The van der Waals surface area contributed by atoms with Crippen LogP contribution in [0.25, 0.3) is 0 Å². The van der Waals surface area contributed by atoms with Gasteiger partial charge in [0.15, 0.2) is 0 Å². The first kappa shape index (κ1) is 14.2. The molecule has 1 aromatic carbocycles. The first-order valence-electron chi connectivity index (χ1n) is 6.27. The second-order valence-electron chi connectivity index (χ2n) is 5.73. The third-order valence-corrected chi connectivity index (χ3v) is 2.70. The van der Waals surface area contributed by atoms with Crippen LogP contribution in [0.5, 0.6) is 0 Å². The van der Waals surface area contributed by atoms with Gasteiger partial charge in [0.2, 0.25) is 5.82 Å². The minimum Gasteiger partial charge on any atom is -0.319 e. The lowest BCUT2D eigenvalue weighted by Gasteiger charge is -2.12. The molecule has 0 saturated carbocycles. The molecule has 0 aliphatic heterocycles. The Kier molecular flexibility index (Phi) is 3.57. The molecule has 1 heterocycles. The Morgan fingerprint density at radius 1 is 1.30 bits per heavy atom. The van der Waals surface area contributed by atoms with Crippen molar-refractivity contribution in [1.82, 2.24) is 15.2 Å². The monoisotopic (exact) mass is 276 g/mol. The summed E-state index contributed by atoms with van der Waals surface area (Å²) in [6, 6.07) is 4.32. The smallest absolute Gasteiger partial charge is 0.295 e. The van der Waals surface area contributed by atoms with E-state index < -0.39 is 11.7 Å². The fourth-order valence-electron chi connectivity index (χ4n) is 1.69. The van der Waals surface area contributed by atoms with Crippen molar-refractivity contribution in [3.63, 3.8) is 0 Å². The number of aromatic amines is 1. The average Bonchev–Trinajstić information content (AvgIpc) is 2.75. The molecule has 106 valence electrons. The van der Waals surface area contributed by atoms with Crippen LogP contribution in [0.15, 0.2) is 18.2 Å². The summed E-state index contributed by atoms with van der Waals surface area (Å²) < 4.78 is 13.3. The summed E-state index contributed by atoms with van der Waals surface area (Å²) in [6.07, 6.45) is 0. The molecule has 1 aromatic heterocycles. The van der Waals surface area contributed by atoms with Crippen LogP contribution in [0.3, 0.4) is 0 Å². The van der Waals surface area contributed by atoms with Crippen LogP contribution in [0.2, 0.25) is 0 Å². The molecule has 0 aliphatic rings. The SMILES string of the molecule is Cc1cc(F)cc(NC(=O)c2n[nH]c(C(C)(C)C)n2)c1. The Labute approximate surface area is 116 Å². The van der Waals surface area contributed by atoms with Gasteiger partial charge in [-0.2, -0.15) is 0 Å². The molecule has 0 bridgehead atoms. The summed E-state index contributed by atoms with van der Waals surface area (Å²) >= 11 is 0. The summed E-state index contributed by atoms with van der Waals surface area (Å²) in [5, 5.41) is 9.20. The zero-order chi connectivity index (χ0) is 14.9. The maximum Gasteiger partial charge on any atom is 0.295 e. The highest BCUT2D eigenvalue weighted by molar-refractivity contribution is 6.01. The predicted octanol–water partition coefficient (Wildman–Crippen LogP) is 2.80. The van der Waals surface area contributed by atoms with Crippen LogP contribution in [0, 0.1) is 12.7 Å². The van der Waals surface area contributed by atoms with Crippen LogP contribution in [-0.4, -0.2) is 21.1 Å². The number of benzene rings is 1. The van der Waals surface area contributed by atoms with Gasteiger partial charge in [0.1, 0.15) is 11.6 Å². The number of nitrogens with one attached hydrogen (secondary N) is 2. The van der Waals surface area contributed by atoms with Crippen molar-refractivity contribution in [2.45, 2.75) is 33.1 Å². The number of H-pyrrole nitrogens is 1. The highest BCUT2D eigenvalue weighted by Gasteiger charge is 2.21. The quantitative estimate of drug-likeness (QED) is 0.886. The lowest BCUT2D eigenvalue weighted by Crippen LogP contribution is -2.16. The molecule has 2 aromatic rings. The number of aromatic nitrogens is 3. The van der Waals surface area contributed by atoms with Crippen molar-refractivity contribution in [3.8, 4) is 0 Å². The highest BCUT2D eigenvalue weighted by atomic mass is 19.1. The van der Waals surface area contributed by atoms with Crippen molar-refractivity contribution >= 4 is 11.6 Å².